The van der Waals surface area contributed by atoms with Crippen molar-refractivity contribution in [3.63, 3.8) is 0 Å². The average molecular weight is 693 g/mol. The molecule has 4 aromatic carbocycles. The number of halogens is 2. The summed E-state index contributed by atoms with van der Waals surface area (Å²) >= 11 is 12.6. The third kappa shape index (κ3) is 8.74. The molecular weight excluding hydrogens is 653 g/mol. The van der Waals surface area contributed by atoms with Crippen LogP contribution < -0.4 is 9.62 Å². The molecule has 0 unspecified atom stereocenters. The summed E-state index contributed by atoms with van der Waals surface area (Å²) in [5.41, 5.74) is 3.62. The van der Waals surface area contributed by atoms with Crippen molar-refractivity contribution >= 4 is 50.7 Å². The topological polar surface area (TPSA) is 86.8 Å². The first-order valence-electron chi connectivity index (χ1n) is 15.7. The molecule has 0 aromatic heterocycles. The van der Waals surface area contributed by atoms with E-state index in [2.05, 4.69) is 5.32 Å². The number of aryl methyl sites for hydroxylation is 2. The second kappa shape index (κ2) is 15.4. The molecular formula is C37H39Cl2N3O4S. The Morgan fingerprint density at radius 2 is 1.51 bits per heavy atom. The minimum absolute atomic E-state index is 0.0115. The summed E-state index contributed by atoms with van der Waals surface area (Å²) in [6, 6.07) is 27.2. The van der Waals surface area contributed by atoms with E-state index in [1.54, 1.807) is 60.7 Å². The molecule has 0 aliphatic heterocycles. The van der Waals surface area contributed by atoms with E-state index in [9.17, 15) is 18.0 Å². The molecule has 1 aliphatic carbocycles. The molecule has 0 heterocycles. The number of amides is 2. The van der Waals surface area contributed by atoms with E-state index in [0.717, 1.165) is 46.7 Å². The van der Waals surface area contributed by atoms with Crippen LogP contribution in [0.4, 0.5) is 5.69 Å². The van der Waals surface area contributed by atoms with Crippen molar-refractivity contribution in [2.75, 3.05) is 10.8 Å². The maximum atomic E-state index is 14.7. The molecule has 1 N–H and O–H groups in total. The first-order chi connectivity index (χ1) is 22.5. The molecule has 246 valence electrons. The molecule has 1 fully saturated rings. The van der Waals surface area contributed by atoms with Gasteiger partial charge in [0, 0.05) is 19.0 Å². The lowest BCUT2D eigenvalue weighted by atomic mass is 10.0. The van der Waals surface area contributed by atoms with E-state index in [1.807, 2.05) is 50.2 Å². The van der Waals surface area contributed by atoms with Gasteiger partial charge in [0.1, 0.15) is 12.6 Å². The highest BCUT2D eigenvalue weighted by atomic mass is 35.5. The number of hydrogen-bond acceptors (Lipinski definition) is 4. The van der Waals surface area contributed by atoms with E-state index < -0.39 is 28.5 Å². The third-order valence-corrected chi connectivity index (χ3v) is 11.0. The standard InChI is InChI=1S/C37H39Cl2N3O4S/c1-26-15-18-32(19-16-26)47(45,46)42(31-14-8-9-27(2)21-31)25-36(43)41(24-29-17-20-33(38)34(39)22-29)35(23-28-10-4-3-5-11-28)37(44)40-30-12-6-7-13-30/h3-5,8-11,14-22,30,35H,6-7,12-13,23-25H2,1-2H3,(H,40,44)/t35-/m0/s1. The van der Waals surface area contributed by atoms with E-state index in [1.165, 1.54) is 4.90 Å². The summed E-state index contributed by atoms with van der Waals surface area (Å²) in [7, 11) is -4.18. The molecule has 0 saturated heterocycles. The second-order valence-electron chi connectivity index (χ2n) is 12.1. The van der Waals surface area contributed by atoms with Gasteiger partial charge in [0.15, 0.2) is 0 Å². The zero-order chi connectivity index (χ0) is 33.6. The Labute approximate surface area is 287 Å². The molecule has 1 aliphatic rings. The minimum atomic E-state index is -4.18. The highest BCUT2D eigenvalue weighted by Crippen LogP contribution is 2.28. The van der Waals surface area contributed by atoms with Gasteiger partial charge in [-0.1, -0.05) is 102 Å². The van der Waals surface area contributed by atoms with Crippen LogP contribution in [0.3, 0.4) is 0 Å². The van der Waals surface area contributed by atoms with Crippen LogP contribution in [0, 0.1) is 13.8 Å². The molecule has 7 nitrogen and oxygen atoms in total. The van der Waals surface area contributed by atoms with E-state index in [4.69, 9.17) is 23.2 Å². The molecule has 10 heteroatoms. The van der Waals surface area contributed by atoms with Gasteiger partial charge in [0.25, 0.3) is 10.0 Å². The number of rotatable bonds is 12. The van der Waals surface area contributed by atoms with Crippen LogP contribution in [0.1, 0.15) is 47.9 Å². The monoisotopic (exact) mass is 691 g/mol. The lowest BCUT2D eigenvalue weighted by molar-refractivity contribution is -0.140. The normalized spacial score (nSPS) is 14.0. The smallest absolute Gasteiger partial charge is 0.264 e. The molecule has 0 radical (unpaired) electrons. The fourth-order valence-corrected chi connectivity index (χ4v) is 7.63. The number of carbonyl (C=O) groups excluding carboxylic acids is 2. The predicted octanol–water partition coefficient (Wildman–Crippen LogP) is 7.50. The number of benzene rings is 4. The van der Waals surface area contributed by atoms with Crippen LogP contribution in [-0.4, -0.2) is 43.8 Å². The Morgan fingerprint density at radius 3 is 2.17 bits per heavy atom. The van der Waals surface area contributed by atoms with Crippen molar-refractivity contribution in [1.82, 2.24) is 10.2 Å². The molecule has 0 bridgehead atoms. The summed E-state index contributed by atoms with van der Waals surface area (Å²) in [6.07, 6.45) is 4.05. The first kappa shape index (κ1) is 34.5. The number of carbonyl (C=O) groups is 2. The maximum Gasteiger partial charge on any atom is 0.264 e. The highest BCUT2D eigenvalue weighted by Gasteiger charge is 2.35. The molecule has 4 aromatic rings. The fourth-order valence-electron chi connectivity index (χ4n) is 5.91. The van der Waals surface area contributed by atoms with Gasteiger partial charge >= 0.3 is 0 Å². The highest BCUT2D eigenvalue weighted by molar-refractivity contribution is 7.92. The lowest BCUT2D eigenvalue weighted by Gasteiger charge is -2.34. The summed E-state index contributed by atoms with van der Waals surface area (Å²) in [5, 5.41) is 3.86. The van der Waals surface area contributed by atoms with Gasteiger partial charge in [0.2, 0.25) is 11.8 Å². The van der Waals surface area contributed by atoms with Gasteiger partial charge in [-0.05, 0) is 79.8 Å². The number of nitrogens with zero attached hydrogens (tertiary/aromatic N) is 2. The van der Waals surface area contributed by atoms with Gasteiger partial charge in [0.05, 0.1) is 20.6 Å². The van der Waals surface area contributed by atoms with Crippen molar-refractivity contribution in [3.8, 4) is 0 Å². The minimum Gasteiger partial charge on any atom is -0.352 e. The first-order valence-corrected chi connectivity index (χ1v) is 17.9. The molecule has 5 rings (SSSR count). The number of anilines is 1. The second-order valence-corrected chi connectivity index (χ2v) is 14.8. The maximum absolute atomic E-state index is 14.7. The molecule has 47 heavy (non-hydrogen) atoms. The Balaban J connectivity index is 1.58. The van der Waals surface area contributed by atoms with E-state index in [0.29, 0.717) is 21.3 Å². The Hall–Kier alpha value is -3.85. The quantitative estimate of drug-likeness (QED) is 0.167. The average Bonchev–Trinajstić information content (AvgIpc) is 3.56. The third-order valence-electron chi connectivity index (χ3n) is 8.49. The van der Waals surface area contributed by atoms with Crippen LogP contribution in [0.25, 0.3) is 0 Å². The van der Waals surface area contributed by atoms with Crippen molar-refractivity contribution in [1.29, 1.82) is 0 Å². The van der Waals surface area contributed by atoms with Crippen molar-refractivity contribution in [2.45, 2.75) is 69.5 Å². The molecule has 2 amide bonds. The van der Waals surface area contributed by atoms with Crippen LogP contribution in [0.5, 0.6) is 0 Å². The SMILES string of the molecule is Cc1ccc(S(=O)(=O)N(CC(=O)N(Cc2ccc(Cl)c(Cl)c2)[C@@H](Cc2ccccc2)C(=O)NC2CCCC2)c2cccc(C)c2)cc1. The molecule has 0 spiro atoms. The van der Waals surface area contributed by atoms with Gasteiger partial charge in [-0.15, -0.1) is 0 Å². The summed E-state index contributed by atoms with van der Waals surface area (Å²) in [6.45, 7) is 3.23. The Morgan fingerprint density at radius 1 is 0.809 bits per heavy atom. The Kier molecular flexibility index (Phi) is 11.3. The van der Waals surface area contributed by atoms with Crippen molar-refractivity contribution in [2.24, 2.45) is 0 Å². The van der Waals surface area contributed by atoms with Gasteiger partial charge in [-0.25, -0.2) is 8.42 Å². The molecule has 1 atom stereocenters. The van der Waals surface area contributed by atoms with Crippen molar-refractivity contribution < 1.29 is 18.0 Å². The number of nitrogens with one attached hydrogen (secondary N) is 1. The summed E-state index contributed by atoms with van der Waals surface area (Å²) < 4.78 is 29.6. The van der Waals surface area contributed by atoms with Gasteiger partial charge in [-0.2, -0.15) is 0 Å². The van der Waals surface area contributed by atoms with Gasteiger partial charge < -0.3 is 10.2 Å². The number of sulfonamides is 1. The molecule has 1 saturated carbocycles. The zero-order valence-corrected chi connectivity index (χ0v) is 28.9. The zero-order valence-electron chi connectivity index (χ0n) is 26.5. The van der Waals surface area contributed by atoms with Crippen LogP contribution in [0.15, 0.2) is 102 Å². The Bertz CT molecular complexity index is 1810. The largest absolute Gasteiger partial charge is 0.352 e. The summed E-state index contributed by atoms with van der Waals surface area (Å²) in [5.74, 6) is -0.812. The van der Waals surface area contributed by atoms with Crippen LogP contribution in [0.2, 0.25) is 10.0 Å². The van der Waals surface area contributed by atoms with Crippen LogP contribution >= 0.6 is 23.2 Å². The fraction of sp³-hybridized carbons (Fsp3) is 0.297. The van der Waals surface area contributed by atoms with E-state index in [-0.39, 0.29) is 29.8 Å². The van der Waals surface area contributed by atoms with Gasteiger partial charge in [-0.3, -0.25) is 13.9 Å². The predicted molar refractivity (Wildman–Crippen MR) is 188 cm³/mol. The van der Waals surface area contributed by atoms with Crippen LogP contribution in [-0.2, 0) is 32.6 Å². The summed E-state index contributed by atoms with van der Waals surface area (Å²) in [4.78, 5) is 30.3. The number of hydrogen-bond donors (Lipinski definition) is 1. The lowest BCUT2D eigenvalue weighted by Crippen LogP contribution is -2.54. The van der Waals surface area contributed by atoms with E-state index >= 15 is 0 Å². The van der Waals surface area contributed by atoms with Crippen molar-refractivity contribution in [3.05, 3.63) is 129 Å².